The Morgan fingerprint density at radius 1 is 0.957 bits per heavy atom. The minimum atomic E-state index is -0.927. The Labute approximate surface area is 274 Å². The number of carbonyl (C=O) groups excluding carboxylic acids is 1. The van der Waals surface area contributed by atoms with E-state index in [1.54, 1.807) is 0 Å². The van der Waals surface area contributed by atoms with E-state index in [1.807, 2.05) is 47.0 Å². The third-order valence-corrected chi connectivity index (χ3v) is 8.80. The third kappa shape index (κ3) is 6.33. The third-order valence-electron chi connectivity index (χ3n) is 8.80. The summed E-state index contributed by atoms with van der Waals surface area (Å²) in [5.41, 5.74) is 10.0. The smallest absolute Gasteiger partial charge is 0.339 e. The maximum Gasteiger partial charge on any atom is 0.339 e. The Morgan fingerprint density at radius 3 is 2.22 bits per heavy atom. The van der Waals surface area contributed by atoms with Crippen LogP contribution in [0.25, 0.3) is 27.6 Å². The average Bonchev–Trinajstić information content (AvgIpc) is 3.38. The summed E-state index contributed by atoms with van der Waals surface area (Å²) in [6.07, 6.45) is 6.23. The van der Waals surface area contributed by atoms with E-state index in [0.29, 0.717) is 12.5 Å². The number of anilines is 2. The maximum absolute atomic E-state index is 13.6. The summed E-state index contributed by atoms with van der Waals surface area (Å²) in [4.78, 5) is 27.9. The van der Waals surface area contributed by atoms with E-state index in [1.165, 1.54) is 23.9 Å². The number of carbonyl (C=O) groups is 1. The lowest BCUT2D eigenvalue weighted by Crippen LogP contribution is -2.32. The summed E-state index contributed by atoms with van der Waals surface area (Å²) in [7, 11) is 3.56. The number of benzene rings is 2. The highest BCUT2D eigenvalue weighted by molar-refractivity contribution is 6.08. The van der Waals surface area contributed by atoms with Crippen LogP contribution in [0.2, 0.25) is 0 Å². The number of rotatable bonds is 6. The van der Waals surface area contributed by atoms with Crippen LogP contribution in [0, 0.1) is 20.8 Å². The first kappa shape index (κ1) is 33.4. The van der Waals surface area contributed by atoms with Gasteiger partial charge < -0.3 is 23.8 Å². The lowest BCUT2D eigenvalue weighted by atomic mass is 9.87. The summed E-state index contributed by atoms with van der Waals surface area (Å²) in [6, 6.07) is 10.7. The fraction of sp³-hybridized carbons (Fsp3) is 0.447. The van der Waals surface area contributed by atoms with Crippen molar-refractivity contribution in [1.29, 1.82) is 0 Å². The van der Waals surface area contributed by atoms with Gasteiger partial charge in [0.15, 0.2) is 6.10 Å². The number of nitrogens with zero attached hydrogens (tertiary/aromatic N) is 5. The van der Waals surface area contributed by atoms with Crippen LogP contribution in [0.1, 0.15) is 75.1 Å². The van der Waals surface area contributed by atoms with Crippen LogP contribution in [0.5, 0.6) is 0 Å². The molecule has 6 rings (SSSR count). The van der Waals surface area contributed by atoms with Gasteiger partial charge in [0, 0.05) is 60.8 Å². The monoisotopic (exact) mass is 623 g/mol. The van der Waals surface area contributed by atoms with Crippen LogP contribution < -0.4 is 4.90 Å². The largest absolute Gasteiger partial charge is 0.467 e. The average molecular weight is 624 g/mol. The van der Waals surface area contributed by atoms with Crippen molar-refractivity contribution in [2.75, 3.05) is 38.7 Å². The molecule has 0 bridgehead atoms. The van der Waals surface area contributed by atoms with Crippen LogP contribution in [0.4, 0.5) is 11.6 Å². The number of esters is 1. The molecule has 0 radical (unpaired) electrons. The highest BCUT2D eigenvalue weighted by Gasteiger charge is 2.37. The highest BCUT2D eigenvalue weighted by atomic mass is 16.6. The minimum absolute atomic E-state index is 0.423. The Morgan fingerprint density at radius 2 is 1.63 bits per heavy atom. The van der Waals surface area contributed by atoms with Gasteiger partial charge >= 0.3 is 5.97 Å². The number of methoxy groups -OCH3 is 1. The van der Waals surface area contributed by atoms with Crippen molar-refractivity contribution < 1.29 is 14.3 Å². The van der Waals surface area contributed by atoms with Crippen molar-refractivity contribution in [2.45, 2.75) is 80.1 Å². The molecule has 8 nitrogen and oxygen atoms in total. The van der Waals surface area contributed by atoms with E-state index >= 15 is 0 Å². The normalized spacial score (nSPS) is 15.7. The molecule has 2 aromatic carbocycles. The van der Waals surface area contributed by atoms with Gasteiger partial charge in [-0.2, -0.15) is 0 Å². The maximum atomic E-state index is 13.6. The fourth-order valence-electron chi connectivity index (χ4n) is 6.59. The van der Waals surface area contributed by atoms with E-state index in [0.717, 1.165) is 70.5 Å². The minimum Gasteiger partial charge on any atom is -0.467 e. The van der Waals surface area contributed by atoms with Crippen LogP contribution in [0.3, 0.4) is 0 Å². The number of aryl methyl sites for hydroxylation is 2. The fourth-order valence-corrected chi connectivity index (χ4v) is 6.59. The molecule has 0 unspecified atom stereocenters. The molecule has 8 heteroatoms. The number of aromatic nitrogens is 3. The summed E-state index contributed by atoms with van der Waals surface area (Å²) in [5.74, 6) is 0.227. The molecule has 0 aliphatic carbocycles. The first-order valence-electron chi connectivity index (χ1n) is 16.4. The van der Waals surface area contributed by atoms with Crippen molar-refractivity contribution in [1.82, 2.24) is 19.4 Å². The number of hydrogen-bond acceptors (Lipinski definition) is 7. The van der Waals surface area contributed by atoms with Crippen molar-refractivity contribution >= 4 is 34.1 Å². The second-order valence-electron chi connectivity index (χ2n) is 13.1. The molecule has 4 aromatic rings. The predicted octanol–water partition coefficient (Wildman–Crippen LogP) is 7.95. The molecular weight excluding hydrogens is 574 g/mol. The molecule has 4 heterocycles. The zero-order valence-electron chi connectivity index (χ0n) is 29.2. The van der Waals surface area contributed by atoms with E-state index in [-0.39, 0.29) is 0 Å². The van der Waals surface area contributed by atoms with Gasteiger partial charge in [-0.1, -0.05) is 49.8 Å². The standard InChI is InChI=1S/C36H43N5O3.C2H6/c1-22-9-11-26(12-10-22)30-28-19-23(2)40-17-18-41(35-37-20-27(21-38-35)25-13-15-39(7)16-14-25)31(32(28)40)24(3)29(30)33(34(42)43-8)44-36(4,5)6;1-2/h9-13,19-21,33H,14-18H2,1-8H3;1-2H3/t33-;/m0./s1. The zero-order valence-corrected chi connectivity index (χ0v) is 29.2. The molecule has 0 amide bonds. The molecule has 0 saturated heterocycles. The van der Waals surface area contributed by atoms with Crippen molar-refractivity contribution in [2.24, 2.45) is 0 Å². The van der Waals surface area contributed by atoms with Gasteiger partial charge in [0.25, 0.3) is 0 Å². The van der Waals surface area contributed by atoms with Crippen LogP contribution in [-0.2, 0) is 20.8 Å². The lowest BCUT2D eigenvalue weighted by molar-refractivity contribution is -0.164. The first-order chi connectivity index (χ1) is 22.0. The van der Waals surface area contributed by atoms with Gasteiger partial charge in [-0.05, 0) is 83.3 Å². The summed E-state index contributed by atoms with van der Waals surface area (Å²) < 4.78 is 14.3. The topological polar surface area (TPSA) is 72.7 Å². The second kappa shape index (κ2) is 13.4. The van der Waals surface area contributed by atoms with Gasteiger partial charge in [-0.25, -0.2) is 14.8 Å². The molecule has 2 aromatic heterocycles. The van der Waals surface area contributed by atoms with E-state index in [4.69, 9.17) is 19.4 Å². The molecule has 244 valence electrons. The molecule has 1 atom stereocenters. The van der Waals surface area contributed by atoms with Gasteiger partial charge in [-0.3, -0.25) is 0 Å². The summed E-state index contributed by atoms with van der Waals surface area (Å²) >= 11 is 0. The van der Waals surface area contributed by atoms with E-state index in [9.17, 15) is 4.79 Å². The van der Waals surface area contributed by atoms with E-state index in [2.05, 4.69) is 78.6 Å². The Balaban J connectivity index is 0.00000204. The summed E-state index contributed by atoms with van der Waals surface area (Å²) in [6.45, 7) is 19.7. The van der Waals surface area contributed by atoms with E-state index < -0.39 is 17.7 Å². The Kier molecular flexibility index (Phi) is 9.70. The number of likely N-dealkylation sites (N-methyl/N-ethyl adjacent to an activating group) is 1. The molecule has 0 N–H and O–H groups in total. The first-order valence-corrected chi connectivity index (χ1v) is 16.4. The molecule has 0 fully saturated rings. The number of hydrogen-bond donors (Lipinski definition) is 0. The van der Waals surface area contributed by atoms with Crippen molar-refractivity contribution in [3.63, 3.8) is 0 Å². The molecule has 0 spiro atoms. The lowest BCUT2D eigenvalue weighted by Gasteiger charge is -2.35. The second-order valence-corrected chi connectivity index (χ2v) is 13.1. The van der Waals surface area contributed by atoms with Crippen molar-refractivity contribution in [3.8, 4) is 11.1 Å². The van der Waals surface area contributed by atoms with Crippen molar-refractivity contribution in [3.05, 3.63) is 76.7 Å². The highest BCUT2D eigenvalue weighted by Crippen LogP contribution is 2.49. The van der Waals surface area contributed by atoms with Gasteiger partial charge in [-0.15, -0.1) is 0 Å². The van der Waals surface area contributed by atoms with Gasteiger partial charge in [0.1, 0.15) is 0 Å². The molecule has 46 heavy (non-hydrogen) atoms. The SMILES string of the molecule is CC.COC(=O)[C@@H](OC(C)(C)C)c1c(C)c2c3c(cc(C)n3CCN2c2ncc(C3=CCN(C)CC3)cn2)c1-c1ccc(C)cc1. The Bertz CT molecular complexity index is 1750. The molecule has 2 aliphatic heterocycles. The zero-order chi connectivity index (χ0) is 33.3. The molecule has 2 aliphatic rings. The van der Waals surface area contributed by atoms with Crippen LogP contribution in [-0.4, -0.2) is 64.8 Å². The number of ether oxygens (including phenoxy) is 2. The Hall–Kier alpha value is -4.01. The molecule has 0 saturated carbocycles. The van der Waals surface area contributed by atoms with Gasteiger partial charge in [0.05, 0.1) is 23.9 Å². The molecular formula is C38H49N5O3. The van der Waals surface area contributed by atoms with Crippen LogP contribution >= 0.6 is 0 Å². The van der Waals surface area contributed by atoms with Crippen LogP contribution in [0.15, 0.2) is 48.8 Å². The summed E-state index contributed by atoms with van der Waals surface area (Å²) in [5, 5.41) is 1.08. The van der Waals surface area contributed by atoms with Gasteiger partial charge in [0.2, 0.25) is 5.95 Å². The predicted molar refractivity (Wildman–Crippen MR) is 188 cm³/mol. The quantitative estimate of drug-likeness (QED) is 0.202.